The number of aryl methyl sites for hydroxylation is 1. The minimum Gasteiger partial charge on any atom is -0.447 e. The largest absolute Gasteiger partial charge is 0.447 e. The van der Waals surface area contributed by atoms with E-state index in [2.05, 4.69) is 25.3 Å². The summed E-state index contributed by atoms with van der Waals surface area (Å²) in [7, 11) is 0. The van der Waals surface area contributed by atoms with Crippen LogP contribution in [0.15, 0.2) is 29.1 Å². The molecule has 0 unspecified atom stereocenters. The van der Waals surface area contributed by atoms with Gasteiger partial charge in [-0.1, -0.05) is 6.92 Å². The zero-order valence-corrected chi connectivity index (χ0v) is 18.4. The van der Waals surface area contributed by atoms with Crippen LogP contribution in [0, 0.1) is 6.92 Å². The van der Waals surface area contributed by atoms with Crippen molar-refractivity contribution in [2.75, 3.05) is 16.8 Å². The van der Waals surface area contributed by atoms with Gasteiger partial charge in [0, 0.05) is 11.1 Å². The number of carbonyl (C=O) groups is 1. The Morgan fingerprint density at radius 1 is 1.21 bits per heavy atom. The van der Waals surface area contributed by atoms with Crippen molar-refractivity contribution in [3.63, 3.8) is 0 Å². The molecule has 2 aromatic heterocycles. The van der Waals surface area contributed by atoms with E-state index in [9.17, 15) is 22.8 Å². The van der Waals surface area contributed by atoms with E-state index in [1.54, 1.807) is 6.92 Å². The number of H-pyrrole nitrogens is 1. The van der Waals surface area contributed by atoms with E-state index < -0.39 is 28.9 Å². The van der Waals surface area contributed by atoms with Crippen molar-refractivity contribution >= 4 is 28.9 Å². The molecule has 0 bridgehead atoms. The zero-order chi connectivity index (χ0) is 24.3. The summed E-state index contributed by atoms with van der Waals surface area (Å²) >= 11 is 0. The number of nitrogens with one attached hydrogen (secondary N) is 2. The van der Waals surface area contributed by atoms with Crippen LogP contribution in [0.2, 0.25) is 0 Å². The standard InChI is InChI=1S/C22H21F3N6O3/c1-3-14-10-34-20(33)31(14)19-27-11(2)26-18(29-19)30-21(6-7-21)15-9-12-8-13(22(23,24)25)4-5-16(12)28-17(15)32/h4-5,8-9,14H,3,6-7,10H2,1-2H3,(H,28,32)(H,26,27,29,30)/t14-/m0/s1. The van der Waals surface area contributed by atoms with Crippen molar-refractivity contribution < 1.29 is 22.7 Å². The van der Waals surface area contributed by atoms with Gasteiger partial charge in [0.1, 0.15) is 12.4 Å². The highest BCUT2D eigenvalue weighted by molar-refractivity contribution is 5.88. The minimum absolute atomic E-state index is 0.141. The van der Waals surface area contributed by atoms with Crippen LogP contribution >= 0.6 is 0 Å². The molecule has 1 saturated heterocycles. The number of aromatic nitrogens is 4. The smallest absolute Gasteiger partial charge is 0.417 e. The van der Waals surface area contributed by atoms with Crippen LogP contribution in [0.1, 0.15) is 43.1 Å². The summed E-state index contributed by atoms with van der Waals surface area (Å²) in [5, 5.41) is 3.44. The monoisotopic (exact) mass is 474 g/mol. The molecule has 9 nitrogen and oxygen atoms in total. The van der Waals surface area contributed by atoms with E-state index in [0.29, 0.717) is 36.2 Å². The van der Waals surface area contributed by atoms with Gasteiger partial charge in [-0.15, -0.1) is 0 Å². The van der Waals surface area contributed by atoms with Crippen molar-refractivity contribution in [2.24, 2.45) is 0 Å². The molecule has 1 aromatic carbocycles. The highest BCUT2D eigenvalue weighted by Crippen LogP contribution is 2.47. The number of carbonyl (C=O) groups excluding carboxylic acids is 1. The Hall–Kier alpha value is -3.70. The van der Waals surface area contributed by atoms with Crippen molar-refractivity contribution in [1.29, 1.82) is 0 Å². The lowest BCUT2D eigenvalue weighted by atomic mass is 10.0. The van der Waals surface area contributed by atoms with Crippen LogP contribution in [-0.4, -0.2) is 38.7 Å². The third kappa shape index (κ3) is 3.82. The number of aromatic amines is 1. The van der Waals surface area contributed by atoms with Crippen molar-refractivity contribution in [3.8, 4) is 0 Å². The topological polar surface area (TPSA) is 113 Å². The molecule has 1 aliphatic carbocycles. The van der Waals surface area contributed by atoms with Crippen molar-refractivity contribution in [2.45, 2.75) is 50.9 Å². The number of amides is 1. The summed E-state index contributed by atoms with van der Waals surface area (Å²) in [6.45, 7) is 3.81. The van der Waals surface area contributed by atoms with Crippen molar-refractivity contribution in [3.05, 3.63) is 51.6 Å². The third-order valence-electron chi connectivity index (χ3n) is 6.17. The van der Waals surface area contributed by atoms with Crippen molar-refractivity contribution in [1.82, 2.24) is 19.9 Å². The molecule has 178 valence electrons. The van der Waals surface area contributed by atoms with Crippen LogP contribution in [0.4, 0.5) is 29.9 Å². The molecule has 2 N–H and O–H groups in total. The van der Waals surface area contributed by atoms with Crippen LogP contribution in [-0.2, 0) is 16.5 Å². The first-order chi connectivity index (χ1) is 16.1. The highest BCUT2D eigenvalue weighted by Gasteiger charge is 2.47. The first-order valence-electron chi connectivity index (χ1n) is 10.8. The second-order valence-corrected chi connectivity index (χ2v) is 8.53. The number of nitrogens with zero attached hydrogens (tertiary/aromatic N) is 4. The van der Waals surface area contributed by atoms with Gasteiger partial charge in [0.25, 0.3) is 5.56 Å². The van der Waals surface area contributed by atoms with Gasteiger partial charge in [-0.05, 0) is 55.8 Å². The number of rotatable bonds is 5. The molecule has 1 saturated carbocycles. The average Bonchev–Trinajstić information content (AvgIpc) is 3.44. The first-order valence-corrected chi connectivity index (χ1v) is 10.8. The van der Waals surface area contributed by atoms with Gasteiger partial charge >= 0.3 is 12.3 Å². The van der Waals surface area contributed by atoms with E-state index in [1.165, 1.54) is 17.0 Å². The number of anilines is 2. The number of benzene rings is 1. The molecule has 12 heteroatoms. The summed E-state index contributed by atoms with van der Waals surface area (Å²) in [5.74, 6) is 0.667. The summed E-state index contributed by atoms with van der Waals surface area (Å²) in [5.41, 5.74) is -1.43. The van der Waals surface area contributed by atoms with Crippen LogP contribution < -0.4 is 15.8 Å². The molecule has 0 radical (unpaired) electrons. The number of pyridine rings is 1. The molecular weight excluding hydrogens is 453 g/mol. The lowest BCUT2D eigenvalue weighted by Crippen LogP contribution is -2.35. The van der Waals surface area contributed by atoms with Crippen LogP contribution in [0.5, 0.6) is 0 Å². The van der Waals surface area contributed by atoms with Crippen LogP contribution in [0.25, 0.3) is 10.9 Å². The fourth-order valence-electron chi connectivity index (χ4n) is 4.18. The first kappa shape index (κ1) is 22.1. The maximum Gasteiger partial charge on any atom is 0.417 e. The van der Waals surface area contributed by atoms with Gasteiger partial charge in [-0.2, -0.15) is 28.1 Å². The molecule has 2 aliphatic rings. The number of halogens is 3. The number of ether oxygens (including phenoxy) is 1. The van der Waals surface area contributed by atoms with E-state index >= 15 is 0 Å². The molecule has 1 amide bonds. The Balaban J connectivity index is 1.51. The summed E-state index contributed by atoms with van der Waals surface area (Å²) in [4.78, 5) is 42.0. The minimum atomic E-state index is -4.49. The fraction of sp³-hybridized carbons (Fsp3) is 0.409. The maximum atomic E-state index is 13.2. The maximum absolute atomic E-state index is 13.2. The molecule has 1 aliphatic heterocycles. The number of cyclic esters (lactones) is 1. The predicted octanol–water partition coefficient (Wildman–Crippen LogP) is 3.88. The third-order valence-corrected chi connectivity index (χ3v) is 6.17. The normalized spacial score (nSPS) is 19.4. The number of hydrogen-bond acceptors (Lipinski definition) is 7. The highest BCUT2D eigenvalue weighted by atomic mass is 19.4. The summed E-state index contributed by atoms with van der Waals surface area (Å²) in [6, 6.07) is 4.47. The number of hydrogen-bond donors (Lipinski definition) is 2. The Morgan fingerprint density at radius 2 is 1.97 bits per heavy atom. The average molecular weight is 474 g/mol. The summed E-state index contributed by atoms with van der Waals surface area (Å²) in [6.07, 6.45) is -3.27. The molecule has 3 aromatic rings. The number of alkyl halides is 3. The van der Waals surface area contributed by atoms with Crippen LogP contribution in [0.3, 0.4) is 0 Å². The van der Waals surface area contributed by atoms with Gasteiger partial charge in [-0.25, -0.2) is 9.69 Å². The Bertz CT molecular complexity index is 1350. The molecule has 1 atom stereocenters. The lowest BCUT2D eigenvalue weighted by Gasteiger charge is -2.21. The molecule has 3 heterocycles. The van der Waals surface area contributed by atoms with E-state index in [4.69, 9.17) is 4.74 Å². The molecule has 0 spiro atoms. The second-order valence-electron chi connectivity index (χ2n) is 8.53. The Kier molecular flexibility index (Phi) is 4.99. The van der Waals surface area contributed by atoms with E-state index in [-0.39, 0.29) is 29.9 Å². The lowest BCUT2D eigenvalue weighted by molar-refractivity contribution is -0.137. The van der Waals surface area contributed by atoms with E-state index in [1.807, 2.05) is 6.92 Å². The Labute approximate surface area is 191 Å². The predicted molar refractivity (Wildman–Crippen MR) is 117 cm³/mol. The molecule has 2 fully saturated rings. The quantitative estimate of drug-likeness (QED) is 0.577. The summed E-state index contributed by atoms with van der Waals surface area (Å²) < 4.78 is 44.6. The molecule has 5 rings (SSSR count). The SMILES string of the molecule is CC[C@H]1COC(=O)N1c1nc(C)nc(NC2(c3cc4cc(C(F)(F)F)ccc4[nH]c3=O)CC2)n1. The second kappa shape index (κ2) is 7.67. The van der Waals surface area contributed by atoms with E-state index in [0.717, 1.165) is 12.1 Å². The molecular formula is C22H21F3N6O3. The van der Waals surface area contributed by atoms with Gasteiger partial charge in [0.2, 0.25) is 11.9 Å². The van der Waals surface area contributed by atoms with Gasteiger partial charge in [0.05, 0.1) is 17.1 Å². The Morgan fingerprint density at radius 3 is 2.65 bits per heavy atom. The van der Waals surface area contributed by atoms with Gasteiger partial charge in [0.15, 0.2) is 0 Å². The number of fused-ring (bicyclic) bond motifs is 1. The zero-order valence-electron chi connectivity index (χ0n) is 18.4. The van der Waals surface area contributed by atoms with Gasteiger partial charge in [-0.3, -0.25) is 4.79 Å². The fourth-order valence-corrected chi connectivity index (χ4v) is 4.18. The van der Waals surface area contributed by atoms with Gasteiger partial charge < -0.3 is 15.0 Å². The molecule has 34 heavy (non-hydrogen) atoms.